The van der Waals surface area contributed by atoms with Crippen LogP contribution in [0.5, 0.6) is 11.6 Å². The van der Waals surface area contributed by atoms with E-state index in [9.17, 15) is 13.2 Å². The van der Waals surface area contributed by atoms with Crippen molar-refractivity contribution in [1.82, 2.24) is 24.7 Å². The van der Waals surface area contributed by atoms with Crippen molar-refractivity contribution in [2.45, 2.75) is 6.18 Å². The number of alkyl halides is 3. The Morgan fingerprint density at radius 3 is 2.69 bits per heavy atom. The first-order chi connectivity index (χ1) is 15.4. The molecule has 7 nitrogen and oxygen atoms in total. The summed E-state index contributed by atoms with van der Waals surface area (Å²) in [5, 5.41) is 4.70. The summed E-state index contributed by atoms with van der Waals surface area (Å²) in [7, 11) is 1.88. The van der Waals surface area contributed by atoms with Gasteiger partial charge in [0.25, 0.3) is 5.89 Å². The second kappa shape index (κ2) is 7.49. The lowest BCUT2D eigenvalue weighted by atomic mass is 10.1. The molecule has 32 heavy (non-hydrogen) atoms. The summed E-state index contributed by atoms with van der Waals surface area (Å²) in [4.78, 5) is 12.4. The van der Waals surface area contributed by atoms with E-state index in [1.165, 1.54) is 30.6 Å². The molecule has 0 aliphatic rings. The van der Waals surface area contributed by atoms with Gasteiger partial charge in [-0.25, -0.2) is 9.97 Å². The Kier molecular flexibility index (Phi) is 4.62. The third-order valence-electron chi connectivity index (χ3n) is 4.75. The zero-order valence-corrected chi connectivity index (χ0v) is 16.5. The Labute approximate surface area is 179 Å². The van der Waals surface area contributed by atoms with Crippen LogP contribution in [0, 0.1) is 6.20 Å². The van der Waals surface area contributed by atoms with Gasteiger partial charge in [0.2, 0.25) is 11.7 Å². The molecule has 0 spiro atoms. The van der Waals surface area contributed by atoms with Gasteiger partial charge >= 0.3 is 6.18 Å². The highest BCUT2D eigenvalue weighted by Crippen LogP contribution is 2.36. The van der Waals surface area contributed by atoms with E-state index < -0.39 is 11.7 Å². The van der Waals surface area contributed by atoms with Gasteiger partial charge in [0.15, 0.2) is 0 Å². The molecule has 0 aliphatic heterocycles. The SMILES string of the molecule is Cn1[c]cc2ccc(Oc3cnc(-c4nc(-c5ccccc5C(F)(F)F)no4)cn3)cc21. The Morgan fingerprint density at radius 1 is 1.06 bits per heavy atom. The Bertz CT molecular complexity index is 1410. The molecule has 159 valence electrons. The first-order valence-electron chi connectivity index (χ1n) is 9.36. The number of nitrogens with zero attached hydrogens (tertiary/aromatic N) is 5. The minimum absolute atomic E-state index is 0.0585. The molecule has 0 saturated carbocycles. The summed E-state index contributed by atoms with van der Waals surface area (Å²) < 4.78 is 52.4. The average Bonchev–Trinajstić information content (AvgIpc) is 3.41. The summed E-state index contributed by atoms with van der Waals surface area (Å²) in [6, 6.07) is 12.4. The van der Waals surface area contributed by atoms with Crippen molar-refractivity contribution in [3.8, 4) is 34.6 Å². The van der Waals surface area contributed by atoms with Crippen LogP contribution in [-0.2, 0) is 13.2 Å². The number of fused-ring (bicyclic) bond motifs is 1. The van der Waals surface area contributed by atoms with E-state index in [-0.39, 0.29) is 28.9 Å². The van der Waals surface area contributed by atoms with E-state index in [1.54, 1.807) is 6.07 Å². The lowest BCUT2D eigenvalue weighted by Gasteiger charge is -2.09. The molecule has 1 radical (unpaired) electrons. The highest BCUT2D eigenvalue weighted by Gasteiger charge is 2.34. The van der Waals surface area contributed by atoms with Crippen molar-refractivity contribution >= 4 is 10.9 Å². The minimum Gasteiger partial charge on any atom is -0.437 e. The van der Waals surface area contributed by atoms with Crippen molar-refractivity contribution in [2.75, 3.05) is 0 Å². The maximum Gasteiger partial charge on any atom is 0.417 e. The number of hydrogen-bond acceptors (Lipinski definition) is 6. The van der Waals surface area contributed by atoms with E-state index in [1.807, 2.05) is 29.8 Å². The number of halogens is 3. The van der Waals surface area contributed by atoms with Crippen LogP contribution in [0.25, 0.3) is 33.9 Å². The van der Waals surface area contributed by atoms with E-state index in [4.69, 9.17) is 9.26 Å². The van der Waals surface area contributed by atoms with Gasteiger partial charge in [0, 0.05) is 24.1 Å². The number of rotatable bonds is 4. The van der Waals surface area contributed by atoms with Crippen LogP contribution in [0.3, 0.4) is 0 Å². The topological polar surface area (TPSA) is 78.9 Å². The fourth-order valence-corrected chi connectivity index (χ4v) is 3.20. The molecule has 5 rings (SSSR count). The maximum absolute atomic E-state index is 13.3. The zero-order valence-electron chi connectivity index (χ0n) is 16.5. The standard InChI is InChI=1S/C22H13F3N5O2/c1-30-9-8-13-6-7-14(10-18(13)30)31-19-12-26-17(11-27-19)21-28-20(29-32-21)15-4-2-3-5-16(15)22(23,24)25/h2-8,10-12H,1H3. The van der Waals surface area contributed by atoms with Crippen LogP contribution < -0.4 is 4.74 Å². The molecule has 0 atom stereocenters. The van der Waals surface area contributed by atoms with Gasteiger partial charge in [-0.15, -0.1) is 0 Å². The van der Waals surface area contributed by atoms with Crippen LogP contribution in [-0.4, -0.2) is 24.7 Å². The van der Waals surface area contributed by atoms with Crippen LogP contribution in [0.4, 0.5) is 13.2 Å². The number of aromatic nitrogens is 5. The molecule has 0 aliphatic carbocycles. The molecule has 0 N–H and O–H groups in total. The van der Waals surface area contributed by atoms with E-state index in [2.05, 4.69) is 26.3 Å². The predicted octanol–water partition coefficient (Wildman–Crippen LogP) is 5.30. The van der Waals surface area contributed by atoms with Crippen molar-refractivity contribution in [3.63, 3.8) is 0 Å². The monoisotopic (exact) mass is 436 g/mol. The fourth-order valence-electron chi connectivity index (χ4n) is 3.20. The second-order valence-corrected chi connectivity index (χ2v) is 6.86. The average molecular weight is 436 g/mol. The molecule has 0 saturated heterocycles. The molecule has 2 aromatic carbocycles. The number of benzene rings is 2. The molecule has 0 unspecified atom stereocenters. The first kappa shape index (κ1) is 19.7. The highest BCUT2D eigenvalue weighted by atomic mass is 19.4. The second-order valence-electron chi connectivity index (χ2n) is 6.86. The molecule has 5 aromatic rings. The van der Waals surface area contributed by atoms with Crippen molar-refractivity contribution in [2.24, 2.45) is 7.05 Å². The zero-order chi connectivity index (χ0) is 22.3. The van der Waals surface area contributed by atoms with Crippen LogP contribution >= 0.6 is 0 Å². The van der Waals surface area contributed by atoms with Crippen molar-refractivity contribution in [3.05, 3.63) is 72.7 Å². The molecule has 0 fully saturated rings. The quantitative estimate of drug-likeness (QED) is 0.381. The molecule has 0 amide bonds. The minimum atomic E-state index is -4.55. The van der Waals surface area contributed by atoms with Gasteiger partial charge < -0.3 is 13.8 Å². The third kappa shape index (κ3) is 3.66. The normalized spacial score (nSPS) is 11.8. The van der Waals surface area contributed by atoms with E-state index >= 15 is 0 Å². The Balaban J connectivity index is 1.38. The fraction of sp³-hybridized carbons (Fsp3) is 0.0909. The van der Waals surface area contributed by atoms with E-state index in [0.29, 0.717) is 5.75 Å². The summed E-state index contributed by atoms with van der Waals surface area (Å²) in [5.41, 5.74) is 0.115. The van der Waals surface area contributed by atoms with Gasteiger partial charge in [-0.1, -0.05) is 23.4 Å². The van der Waals surface area contributed by atoms with Crippen molar-refractivity contribution in [1.29, 1.82) is 0 Å². The van der Waals surface area contributed by atoms with Crippen LogP contribution in [0.2, 0.25) is 0 Å². The number of aryl methyl sites for hydroxylation is 1. The number of hydrogen-bond donors (Lipinski definition) is 0. The maximum atomic E-state index is 13.3. The summed E-state index contributed by atoms with van der Waals surface area (Å²) in [5.74, 6) is 0.548. The van der Waals surface area contributed by atoms with Gasteiger partial charge in [-0.2, -0.15) is 18.2 Å². The summed E-state index contributed by atoms with van der Waals surface area (Å²) in [6.07, 6.45) is 1.23. The van der Waals surface area contributed by atoms with Crippen LogP contribution in [0.1, 0.15) is 5.56 Å². The first-order valence-corrected chi connectivity index (χ1v) is 9.36. The lowest BCUT2D eigenvalue weighted by Crippen LogP contribution is -2.07. The summed E-state index contributed by atoms with van der Waals surface area (Å²) in [6.45, 7) is 0. The lowest BCUT2D eigenvalue weighted by molar-refractivity contribution is -0.137. The smallest absolute Gasteiger partial charge is 0.417 e. The predicted molar refractivity (Wildman–Crippen MR) is 108 cm³/mol. The molecular formula is C22H13F3N5O2. The molecule has 3 aromatic heterocycles. The number of ether oxygens (including phenoxy) is 1. The van der Waals surface area contributed by atoms with Crippen molar-refractivity contribution < 1.29 is 22.4 Å². The molecule has 3 heterocycles. The summed E-state index contributed by atoms with van der Waals surface area (Å²) >= 11 is 0. The highest BCUT2D eigenvalue weighted by molar-refractivity contribution is 5.81. The molecular weight excluding hydrogens is 423 g/mol. The Morgan fingerprint density at radius 2 is 1.91 bits per heavy atom. The largest absolute Gasteiger partial charge is 0.437 e. The van der Waals surface area contributed by atoms with Gasteiger partial charge in [0.1, 0.15) is 11.4 Å². The van der Waals surface area contributed by atoms with Gasteiger partial charge in [-0.3, -0.25) is 0 Å². The third-order valence-corrected chi connectivity index (χ3v) is 4.75. The Hall–Kier alpha value is -4.21. The van der Waals surface area contributed by atoms with E-state index in [0.717, 1.165) is 17.0 Å². The van der Waals surface area contributed by atoms with Gasteiger partial charge in [0.05, 0.1) is 29.7 Å². The molecule has 0 bridgehead atoms. The van der Waals surface area contributed by atoms with Gasteiger partial charge in [-0.05, 0) is 24.3 Å². The molecule has 10 heteroatoms. The van der Waals surface area contributed by atoms with Crippen LogP contribution in [0.15, 0.2) is 65.4 Å².